The van der Waals surface area contributed by atoms with Crippen molar-refractivity contribution in [2.45, 2.75) is 30.7 Å². The van der Waals surface area contributed by atoms with E-state index in [-0.39, 0.29) is 6.54 Å². The van der Waals surface area contributed by atoms with Crippen molar-refractivity contribution in [3.63, 3.8) is 0 Å². The van der Waals surface area contributed by atoms with E-state index in [9.17, 15) is 5.53 Å². The molecule has 1 aliphatic heterocycles. The molecule has 9 rings (SSSR count). The molecule has 8 aromatic rings. The molecule has 8 nitrogen and oxygen atoms in total. The molecule has 5 unspecified atom stereocenters. The van der Waals surface area contributed by atoms with E-state index in [0.29, 0.717) is 23.0 Å². The fourth-order valence-corrected chi connectivity index (χ4v) is 7.21. The molecule has 0 radical (unpaired) electrons. The molecule has 264 valence electrons. The Morgan fingerprint density at radius 1 is 0.426 bits per heavy atom. The van der Waals surface area contributed by atoms with Gasteiger partial charge in [-0.1, -0.05) is 126 Å². The van der Waals surface area contributed by atoms with Crippen LogP contribution in [0, 0.1) is 0 Å². The van der Waals surface area contributed by atoms with Gasteiger partial charge >= 0.3 is 0 Å². The molecule has 8 aromatic carbocycles. The number of fused-ring (bicyclic) bond motifs is 4. The topological polar surface area (TPSA) is 94.9 Å². The number of nitrogens with zero attached hydrogens (tertiary/aromatic N) is 3. The maximum Gasteiger partial charge on any atom is 0.241 e. The Morgan fingerprint density at radius 3 is 1.19 bits per heavy atom. The van der Waals surface area contributed by atoms with Gasteiger partial charge in [0.2, 0.25) is 12.4 Å². The highest BCUT2D eigenvalue weighted by Gasteiger charge is 2.52. The van der Waals surface area contributed by atoms with Crippen LogP contribution in [-0.4, -0.2) is 37.3 Å². The first-order valence-electron chi connectivity index (χ1n) is 18.0. The SMILES string of the molecule is [N-]=[N+]=NCC1OC(Oc2ccc3ccccc3c2)C(Oc2ccc3ccccc3c2)C(Oc2ccc3ccccc3c2)C1Oc1ccc2ccccc2c1. The van der Waals surface area contributed by atoms with Crippen LogP contribution in [-0.2, 0) is 4.74 Å². The summed E-state index contributed by atoms with van der Waals surface area (Å²) in [5.41, 5.74) is 9.50. The van der Waals surface area contributed by atoms with Crippen LogP contribution < -0.4 is 18.9 Å². The van der Waals surface area contributed by atoms with Crippen molar-refractivity contribution in [2.24, 2.45) is 5.11 Å². The third-order valence-corrected chi connectivity index (χ3v) is 9.87. The molecule has 1 fully saturated rings. The van der Waals surface area contributed by atoms with Crippen molar-refractivity contribution in [3.05, 3.63) is 180 Å². The van der Waals surface area contributed by atoms with Gasteiger partial charge in [0.05, 0.1) is 6.54 Å². The number of ether oxygens (including phenoxy) is 5. The van der Waals surface area contributed by atoms with Crippen LogP contribution in [0.5, 0.6) is 23.0 Å². The Labute approximate surface area is 311 Å². The molecule has 54 heavy (non-hydrogen) atoms. The van der Waals surface area contributed by atoms with Crippen LogP contribution in [0.15, 0.2) is 175 Å². The van der Waals surface area contributed by atoms with Crippen molar-refractivity contribution in [1.82, 2.24) is 0 Å². The summed E-state index contributed by atoms with van der Waals surface area (Å²) in [5.74, 6) is 2.43. The third kappa shape index (κ3) is 6.92. The van der Waals surface area contributed by atoms with Gasteiger partial charge in [-0.25, -0.2) is 0 Å². The fourth-order valence-electron chi connectivity index (χ4n) is 7.21. The summed E-state index contributed by atoms with van der Waals surface area (Å²) < 4.78 is 34.3. The van der Waals surface area contributed by atoms with Gasteiger partial charge in [-0.05, 0) is 97.2 Å². The van der Waals surface area contributed by atoms with Crippen molar-refractivity contribution in [1.29, 1.82) is 0 Å². The van der Waals surface area contributed by atoms with Crippen LogP contribution in [0.3, 0.4) is 0 Å². The molecule has 0 spiro atoms. The molecule has 1 aliphatic rings. The second-order valence-electron chi connectivity index (χ2n) is 13.4. The summed E-state index contributed by atoms with van der Waals surface area (Å²) in [7, 11) is 0. The van der Waals surface area contributed by atoms with Crippen LogP contribution >= 0.6 is 0 Å². The molecule has 5 atom stereocenters. The highest BCUT2D eigenvalue weighted by molar-refractivity contribution is 5.86. The minimum absolute atomic E-state index is 0.0351. The van der Waals surface area contributed by atoms with Crippen LogP contribution in [0.2, 0.25) is 0 Å². The van der Waals surface area contributed by atoms with E-state index in [1.165, 1.54) is 0 Å². The molecular weight excluding hydrogens is 675 g/mol. The second kappa shape index (κ2) is 14.7. The maximum atomic E-state index is 9.50. The van der Waals surface area contributed by atoms with Gasteiger partial charge in [-0.15, -0.1) is 0 Å². The fraction of sp³-hybridized carbons (Fsp3) is 0.130. The first-order chi connectivity index (χ1) is 26.7. The zero-order chi connectivity index (χ0) is 36.3. The molecule has 0 N–H and O–H groups in total. The molecule has 1 heterocycles. The highest BCUT2D eigenvalue weighted by atomic mass is 16.7. The predicted octanol–water partition coefficient (Wildman–Crippen LogP) is 11.1. The predicted molar refractivity (Wildman–Crippen MR) is 212 cm³/mol. The Morgan fingerprint density at radius 2 is 0.778 bits per heavy atom. The average molecular weight is 710 g/mol. The van der Waals surface area contributed by atoms with Crippen molar-refractivity contribution >= 4 is 43.1 Å². The Bertz CT molecular complexity index is 2660. The zero-order valence-electron chi connectivity index (χ0n) is 29.1. The van der Waals surface area contributed by atoms with Crippen molar-refractivity contribution < 1.29 is 23.7 Å². The molecule has 0 amide bonds. The molecule has 1 saturated heterocycles. The van der Waals surface area contributed by atoms with Crippen LogP contribution in [0.1, 0.15) is 0 Å². The van der Waals surface area contributed by atoms with Gasteiger partial charge in [0, 0.05) is 4.91 Å². The van der Waals surface area contributed by atoms with Gasteiger partial charge in [0.1, 0.15) is 29.1 Å². The summed E-state index contributed by atoms with van der Waals surface area (Å²) >= 11 is 0. The van der Waals surface area contributed by atoms with E-state index in [1.807, 2.05) is 146 Å². The summed E-state index contributed by atoms with van der Waals surface area (Å²) in [4.78, 5) is 3.09. The lowest BCUT2D eigenvalue weighted by Gasteiger charge is -2.45. The lowest BCUT2D eigenvalue weighted by atomic mass is 9.97. The molecular formula is C46H35N3O5. The van der Waals surface area contributed by atoms with Crippen molar-refractivity contribution in [2.75, 3.05) is 6.54 Å². The molecule has 0 aliphatic carbocycles. The van der Waals surface area contributed by atoms with Crippen LogP contribution in [0.25, 0.3) is 53.5 Å². The largest absolute Gasteiger partial charge is 0.484 e. The molecule has 0 bridgehead atoms. The van der Waals surface area contributed by atoms with Gasteiger partial charge in [0.25, 0.3) is 0 Å². The number of benzene rings is 8. The van der Waals surface area contributed by atoms with E-state index < -0.39 is 30.7 Å². The molecule has 8 heteroatoms. The third-order valence-electron chi connectivity index (χ3n) is 9.87. The van der Waals surface area contributed by atoms with Gasteiger partial charge < -0.3 is 23.7 Å². The van der Waals surface area contributed by atoms with Gasteiger partial charge in [0.15, 0.2) is 12.2 Å². The minimum atomic E-state index is -1.00. The maximum absolute atomic E-state index is 9.50. The standard InChI is InChI=1S/C46H35N3O5/c47-49-48-29-42-43(50-38-21-17-30-9-1-5-13-34(30)25-38)44(51-39-22-18-31-10-2-6-14-35(31)26-39)45(52-40-23-19-32-11-3-7-15-36(32)27-40)46(54-42)53-41-24-20-33-12-4-8-16-37(33)28-41/h1-28,42-46H,29H2. The molecule has 0 saturated carbocycles. The van der Waals surface area contributed by atoms with E-state index in [4.69, 9.17) is 23.7 Å². The first-order valence-corrected chi connectivity index (χ1v) is 18.0. The van der Waals surface area contributed by atoms with E-state index in [2.05, 4.69) is 34.3 Å². The lowest BCUT2D eigenvalue weighted by Crippen LogP contribution is -2.65. The second-order valence-corrected chi connectivity index (χ2v) is 13.4. The Kier molecular flexibility index (Phi) is 9.03. The van der Waals surface area contributed by atoms with Gasteiger partial charge in [-0.2, -0.15) is 0 Å². The average Bonchev–Trinajstić information content (AvgIpc) is 3.22. The Balaban J connectivity index is 1.17. The minimum Gasteiger partial charge on any atom is -0.484 e. The summed E-state index contributed by atoms with van der Waals surface area (Å²) in [5, 5.41) is 12.4. The van der Waals surface area contributed by atoms with Crippen molar-refractivity contribution in [3.8, 4) is 23.0 Å². The summed E-state index contributed by atoms with van der Waals surface area (Å²) in [6, 6.07) is 56.2. The smallest absolute Gasteiger partial charge is 0.241 e. The highest BCUT2D eigenvalue weighted by Crippen LogP contribution is 2.36. The number of hydrogen-bond acceptors (Lipinski definition) is 6. The number of hydrogen-bond donors (Lipinski definition) is 0. The van der Waals surface area contributed by atoms with E-state index in [1.54, 1.807) is 0 Å². The van der Waals surface area contributed by atoms with E-state index in [0.717, 1.165) is 43.1 Å². The van der Waals surface area contributed by atoms with Gasteiger partial charge in [-0.3, -0.25) is 0 Å². The zero-order valence-corrected chi connectivity index (χ0v) is 29.1. The normalized spacial score (nSPS) is 19.7. The monoisotopic (exact) mass is 709 g/mol. The quantitative estimate of drug-likeness (QED) is 0.0800. The number of rotatable bonds is 10. The number of azide groups is 1. The van der Waals surface area contributed by atoms with Crippen LogP contribution in [0.4, 0.5) is 0 Å². The summed E-state index contributed by atoms with van der Waals surface area (Å²) in [6.45, 7) is -0.0351. The lowest BCUT2D eigenvalue weighted by molar-refractivity contribution is -0.253. The first kappa shape index (κ1) is 33.1. The Hall–Kier alpha value is -6.73. The molecule has 0 aromatic heterocycles. The summed E-state index contributed by atoms with van der Waals surface area (Å²) in [6.07, 6.45) is -4.26. The van der Waals surface area contributed by atoms with E-state index >= 15 is 0 Å².